The van der Waals surface area contributed by atoms with Crippen molar-refractivity contribution in [1.82, 2.24) is 4.90 Å². The van der Waals surface area contributed by atoms with Crippen molar-refractivity contribution in [2.24, 2.45) is 11.7 Å². The number of benzene rings is 1. The maximum atomic E-state index is 12.6. The Bertz CT molecular complexity index is 544. The third-order valence-electron chi connectivity index (χ3n) is 4.50. The number of likely N-dealkylation sites (tertiary alicyclic amines) is 1. The summed E-state index contributed by atoms with van der Waals surface area (Å²) in [5.74, 6) is 1.54. The van der Waals surface area contributed by atoms with Gasteiger partial charge in [0.25, 0.3) is 0 Å². The number of hydrogen-bond acceptors (Lipinski definition) is 4. The van der Waals surface area contributed by atoms with Crippen molar-refractivity contribution < 1.29 is 14.3 Å². The van der Waals surface area contributed by atoms with Gasteiger partial charge < -0.3 is 20.1 Å². The number of carbonyl (C=O) groups is 1. The van der Waals surface area contributed by atoms with E-state index in [2.05, 4.69) is 0 Å². The van der Waals surface area contributed by atoms with Gasteiger partial charge in [0.2, 0.25) is 12.7 Å². The highest BCUT2D eigenvalue weighted by molar-refractivity contribution is 5.80. The lowest BCUT2D eigenvalue weighted by Gasteiger charge is -2.29. The lowest BCUT2D eigenvalue weighted by Crippen LogP contribution is -2.41. The van der Waals surface area contributed by atoms with E-state index >= 15 is 0 Å². The maximum absolute atomic E-state index is 12.6. The summed E-state index contributed by atoms with van der Waals surface area (Å²) in [5, 5.41) is 0. The van der Waals surface area contributed by atoms with E-state index < -0.39 is 0 Å². The highest BCUT2D eigenvalue weighted by Gasteiger charge is 2.34. The van der Waals surface area contributed by atoms with Gasteiger partial charge in [-0.1, -0.05) is 13.0 Å². The normalized spacial score (nSPS) is 23.2. The smallest absolute Gasteiger partial charge is 0.231 e. The van der Waals surface area contributed by atoms with Crippen LogP contribution in [-0.2, 0) is 4.79 Å². The Morgan fingerprint density at radius 3 is 2.86 bits per heavy atom. The minimum atomic E-state index is -0.153. The predicted octanol–water partition coefficient (Wildman–Crippen LogP) is 2.06. The molecule has 5 heteroatoms. The summed E-state index contributed by atoms with van der Waals surface area (Å²) in [4.78, 5) is 14.6. The first-order valence-electron chi connectivity index (χ1n) is 7.53. The Balaban J connectivity index is 1.82. The van der Waals surface area contributed by atoms with Gasteiger partial charge in [-0.25, -0.2) is 0 Å². The average Bonchev–Trinajstić information content (AvgIpc) is 3.13. The zero-order valence-electron chi connectivity index (χ0n) is 12.5. The third kappa shape index (κ3) is 2.58. The van der Waals surface area contributed by atoms with Gasteiger partial charge in [-0.05, 0) is 37.5 Å². The molecule has 2 aliphatic rings. The lowest BCUT2D eigenvalue weighted by molar-refractivity contribution is -0.136. The Labute approximate surface area is 125 Å². The van der Waals surface area contributed by atoms with Gasteiger partial charge in [0.05, 0.1) is 12.0 Å². The molecule has 2 N–H and O–H groups in total. The molecule has 3 atom stereocenters. The summed E-state index contributed by atoms with van der Waals surface area (Å²) in [5.41, 5.74) is 6.99. The third-order valence-corrected chi connectivity index (χ3v) is 4.50. The van der Waals surface area contributed by atoms with Crippen molar-refractivity contribution in [1.29, 1.82) is 0 Å². The molecule has 114 valence electrons. The Morgan fingerprint density at radius 1 is 1.33 bits per heavy atom. The van der Waals surface area contributed by atoms with Crippen LogP contribution in [0.2, 0.25) is 0 Å². The van der Waals surface area contributed by atoms with Crippen LogP contribution in [0.4, 0.5) is 0 Å². The zero-order valence-corrected chi connectivity index (χ0v) is 12.5. The summed E-state index contributed by atoms with van der Waals surface area (Å²) in [6, 6.07) is 5.94. The predicted molar refractivity (Wildman–Crippen MR) is 79.1 cm³/mol. The first-order valence-corrected chi connectivity index (χ1v) is 7.53. The Hall–Kier alpha value is -1.75. The van der Waals surface area contributed by atoms with Gasteiger partial charge >= 0.3 is 0 Å². The fourth-order valence-corrected chi connectivity index (χ4v) is 2.98. The molecule has 0 aliphatic carbocycles. The monoisotopic (exact) mass is 290 g/mol. The van der Waals surface area contributed by atoms with Crippen molar-refractivity contribution in [2.75, 3.05) is 13.3 Å². The van der Waals surface area contributed by atoms with E-state index in [0.29, 0.717) is 0 Å². The number of amides is 1. The standard InChI is InChI=1S/C16H22N2O3/c1-10(11(2)17)16(19)18-7-3-4-13(18)12-5-6-14-15(8-12)21-9-20-14/h5-6,8,10-11,13H,3-4,7,9,17H2,1-2H3. The number of nitrogens with zero attached hydrogens (tertiary/aromatic N) is 1. The molecule has 1 fully saturated rings. The number of ether oxygens (including phenoxy) is 2. The van der Waals surface area contributed by atoms with Crippen LogP contribution in [0.3, 0.4) is 0 Å². The van der Waals surface area contributed by atoms with Gasteiger partial charge in [-0.2, -0.15) is 0 Å². The van der Waals surface area contributed by atoms with Crippen LogP contribution in [-0.4, -0.2) is 30.2 Å². The van der Waals surface area contributed by atoms with Crippen LogP contribution in [0.15, 0.2) is 18.2 Å². The van der Waals surface area contributed by atoms with Crippen molar-refractivity contribution in [2.45, 2.75) is 38.8 Å². The molecule has 1 aromatic rings. The quantitative estimate of drug-likeness (QED) is 0.925. The van der Waals surface area contributed by atoms with E-state index in [1.54, 1.807) is 0 Å². The molecular formula is C16H22N2O3. The molecule has 0 saturated carbocycles. The van der Waals surface area contributed by atoms with E-state index in [9.17, 15) is 4.79 Å². The van der Waals surface area contributed by atoms with Crippen molar-refractivity contribution >= 4 is 5.91 Å². The first kappa shape index (κ1) is 14.2. The van der Waals surface area contributed by atoms with Gasteiger partial charge in [-0.15, -0.1) is 0 Å². The van der Waals surface area contributed by atoms with E-state index in [1.807, 2.05) is 36.9 Å². The topological polar surface area (TPSA) is 64.8 Å². The largest absolute Gasteiger partial charge is 0.454 e. The molecule has 5 nitrogen and oxygen atoms in total. The summed E-state index contributed by atoms with van der Waals surface area (Å²) >= 11 is 0. The number of nitrogens with two attached hydrogens (primary N) is 1. The number of hydrogen-bond donors (Lipinski definition) is 1. The SMILES string of the molecule is CC(N)C(C)C(=O)N1CCCC1c1ccc2c(c1)OCO2. The maximum Gasteiger partial charge on any atom is 0.231 e. The number of rotatable bonds is 3. The molecule has 1 aromatic carbocycles. The van der Waals surface area contributed by atoms with Gasteiger partial charge in [0, 0.05) is 12.6 Å². The van der Waals surface area contributed by atoms with Gasteiger partial charge in [-0.3, -0.25) is 4.79 Å². The van der Waals surface area contributed by atoms with Gasteiger partial charge in [0.1, 0.15) is 0 Å². The molecule has 3 unspecified atom stereocenters. The van der Waals surface area contributed by atoms with Crippen LogP contribution >= 0.6 is 0 Å². The van der Waals surface area contributed by atoms with Crippen molar-refractivity contribution in [3.05, 3.63) is 23.8 Å². The molecule has 2 heterocycles. The van der Waals surface area contributed by atoms with Crippen LogP contribution in [0, 0.1) is 5.92 Å². The Morgan fingerprint density at radius 2 is 2.10 bits per heavy atom. The van der Waals surface area contributed by atoms with E-state index in [-0.39, 0.29) is 30.7 Å². The summed E-state index contributed by atoms with van der Waals surface area (Å²) in [6.45, 7) is 4.86. The minimum absolute atomic E-state index is 0.119. The van der Waals surface area contributed by atoms with E-state index in [1.165, 1.54) is 0 Å². The first-order chi connectivity index (χ1) is 10.1. The van der Waals surface area contributed by atoms with Gasteiger partial charge in [0.15, 0.2) is 11.5 Å². The van der Waals surface area contributed by atoms with E-state index in [0.717, 1.165) is 36.4 Å². The number of carbonyl (C=O) groups excluding carboxylic acids is 1. The zero-order chi connectivity index (χ0) is 15.0. The minimum Gasteiger partial charge on any atom is -0.454 e. The van der Waals surface area contributed by atoms with Crippen molar-refractivity contribution in [3.63, 3.8) is 0 Å². The highest BCUT2D eigenvalue weighted by atomic mass is 16.7. The van der Waals surface area contributed by atoms with Crippen LogP contribution in [0.25, 0.3) is 0 Å². The lowest BCUT2D eigenvalue weighted by atomic mass is 10.00. The molecule has 3 rings (SSSR count). The van der Waals surface area contributed by atoms with E-state index in [4.69, 9.17) is 15.2 Å². The molecule has 1 saturated heterocycles. The molecule has 0 spiro atoms. The summed E-state index contributed by atoms with van der Waals surface area (Å²) in [6.07, 6.45) is 2.01. The average molecular weight is 290 g/mol. The fraction of sp³-hybridized carbons (Fsp3) is 0.562. The molecule has 0 aromatic heterocycles. The van der Waals surface area contributed by atoms with Crippen LogP contribution < -0.4 is 15.2 Å². The van der Waals surface area contributed by atoms with Crippen LogP contribution in [0.5, 0.6) is 11.5 Å². The summed E-state index contributed by atoms with van der Waals surface area (Å²) in [7, 11) is 0. The molecule has 1 amide bonds. The van der Waals surface area contributed by atoms with Crippen LogP contribution in [0.1, 0.15) is 38.3 Å². The summed E-state index contributed by atoms with van der Waals surface area (Å²) < 4.78 is 10.8. The molecule has 0 bridgehead atoms. The van der Waals surface area contributed by atoms with Crippen molar-refractivity contribution in [3.8, 4) is 11.5 Å². The fourth-order valence-electron chi connectivity index (χ4n) is 2.98. The second-order valence-electron chi connectivity index (χ2n) is 5.95. The molecule has 2 aliphatic heterocycles. The molecule has 0 radical (unpaired) electrons. The second-order valence-corrected chi connectivity index (χ2v) is 5.95. The second kappa shape index (κ2) is 5.56. The number of fused-ring (bicyclic) bond motifs is 1. The molecule has 21 heavy (non-hydrogen) atoms. The Kier molecular flexibility index (Phi) is 3.76. The highest BCUT2D eigenvalue weighted by Crippen LogP contribution is 2.39. The molecular weight excluding hydrogens is 268 g/mol.